The maximum absolute atomic E-state index is 13.5. The third-order valence-corrected chi connectivity index (χ3v) is 6.40. The molecule has 0 spiro atoms. The number of aryl methyl sites for hydroxylation is 1. The Balaban J connectivity index is 1.80. The molecule has 0 amide bonds. The average molecular weight is 487 g/mol. The number of para-hydroxylation sites is 1. The SMILES string of the molecule is COc1ccc(Oc2cccc(-c3c(C)cnc4c(C(F)(F)F)cccc34)c2)cc1S(C)(=O)=O. The molecule has 1 heterocycles. The Morgan fingerprint density at radius 1 is 0.941 bits per heavy atom. The smallest absolute Gasteiger partial charge is 0.418 e. The van der Waals surface area contributed by atoms with Crippen LogP contribution in [0.2, 0.25) is 0 Å². The van der Waals surface area contributed by atoms with Gasteiger partial charge in [0.05, 0.1) is 18.2 Å². The van der Waals surface area contributed by atoms with Gasteiger partial charge in [0.2, 0.25) is 0 Å². The van der Waals surface area contributed by atoms with Crippen LogP contribution in [0.15, 0.2) is 71.8 Å². The summed E-state index contributed by atoms with van der Waals surface area (Å²) in [6.45, 7) is 1.78. The lowest BCUT2D eigenvalue weighted by Crippen LogP contribution is -2.07. The van der Waals surface area contributed by atoms with E-state index in [1.165, 1.54) is 31.5 Å². The molecule has 0 fully saturated rings. The minimum atomic E-state index is -4.53. The molecule has 0 aliphatic rings. The van der Waals surface area contributed by atoms with Crippen molar-refractivity contribution in [1.29, 1.82) is 0 Å². The van der Waals surface area contributed by atoms with Crippen LogP contribution < -0.4 is 9.47 Å². The Hall–Kier alpha value is -3.59. The Bertz CT molecular complexity index is 1500. The molecular formula is C25H20F3NO4S. The van der Waals surface area contributed by atoms with E-state index in [0.29, 0.717) is 27.8 Å². The molecule has 0 saturated heterocycles. The van der Waals surface area contributed by atoms with Gasteiger partial charge in [-0.2, -0.15) is 13.2 Å². The summed E-state index contributed by atoms with van der Waals surface area (Å²) in [5.74, 6) is 0.857. The standard InChI is InChI=1S/C25H20F3NO4S/c1-15-14-29-24-19(8-5-9-20(24)25(26,27)28)23(15)16-6-4-7-17(12-16)33-18-10-11-21(32-2)22(13-18)34(3,30)31/h4-14H,1-3H3. The Labute approximate surface area is 194 Å². The number of hydrogen-bond donors (Lipinski definition) is 0. The van der Waals surface area contributed by atoms with E-state index in [4.69, 9.17) is 9.47 Å². The van der Waals surface area contributed by atoms with Gasteiger partial charge in [-0.1, -0.05) is 24.3 Å². The van der Waals surface area contributed by atoms with E-state index < -0.39 is 21.6 Å². The van der Waals surface area contributed by atoms with E-state index in [0.717, 1.165) is 12.3 Å². The van der Waals surface area contributed by atoms with E-state index >= 15 is 0 Å². The molecule has 0 unspecified atom stereocenters. The van der Waals surface area contributed by atoms with Gasteiger partial charge in [0.25, 0.3) is 0 Å². The van der Waals surface area contributed by atoms with Gasteiger partial charge in [0, 0.05) is 23.9 Å². The van der Waals surface area contributed by atoms with Crippen LogP contribution in [0.25, 0.3) is 22.0 Å². The first-order valence-corrected chi connectivity index (χ1v) is 12.0. The monoisotopic (exact) mass is 487 g/mol. The van der Waals surface area contributed by atoms with Crippen molar-refractivity contribution in [3.05, 3.63) is 78.0 Å². The molecule has 9 heteroatoms. The van der Waals surface area contributed by atoms with Crippen LogP contribution >= 0.6 is 0 Å². The van der Waals surface area contributed by atoms with Crippen LogP contribution in [0, 0.1) is 6.92 Å². The zero-order valence-electron chi connectivity index (χ0n) is 18.5. The maximum atomic E-state index is 13.5. The number of aromatic nitrogens is 1. The summed E-state index contributed by atoms with van der Waals surface area (Å²) in [6, 6.07) is 15.3. The molecule has 0 bridgehead atoms. The van der Waals surface area contributed by atoms with Gasteiger partial charge in [-0.05, 0) is 53.9 Å². The second-order valence-corrected chi connectivity index (χ2v) is 9.71. The van der Waals surface area contributed by atoms with Gasteiger partial charge < -0.3 is 9.47 Å². The molecule has 34 heavy (non-hydrogen) atoms. The summed E-state index contributed by atoms with van der Waals surface area (Å²) >= 11 is 0. The first-order chi connectivity index (χ1) is 16.0. The fourth-order valence-electron chi connectivity index (χ4n) is 3.80. The number of sulfone groups is 1. The van der Waals surface area contributed by atoms with Crippen LogP contribution in [-0.2, 0) is 16.0 Å². The van der Waals surface area contributed by atoms with Gasteiger partial charge in [-0.15, -0.1) is 0 Å². The molecule has 176 valence electrons. The van der Waals surface area contributed by atoms with Crippen LogP contribution in [0.1, 0.15) is 11.1 Å². The molecule has 0 N–H and O–H groups in total. The number of halogens is 3. The highest BCUT2D eigenvalue weighted by molar-refractivity contribution is 7.90. The highest BCUT2D eigenvalue weighted by atomic mass is 32.2. The highest BCUT2D eigenvalue weighted by Gasteiger charge is 2.33. The topological polar surface area (TPSA) is 65.5 Å². The minimum Gasteiger partial charge on any atom is -0.495 e. The van der Waals surface area contributed by atoms with Crippen LogP contribution in [0.4, 0.5) is 13.2 Å². The van der Waals surface area contributed by atoms with E-state index in [9.17, 15) is 21.6 Å². The zero-order chi connectivity index (χ0) is 24.7. The molecule has 0 radical (unpaired) electrons. The number of nitrogens with zero attached hydrogens (tertiary/aromatic N) is 1. The number of rotatable bonds is 5. The van der Waals surface area contributed by atoms with Crippen molar-refractivity contribution in [3.63, 3.8) is 0 Å². The summed E-state index contributed by atoms with van der Waals surface area (Å²) in [5.41, 5.74) is 1.01. The van der Waals surface area contributed by atoms with Gasteiger partial charge in [-0.25, -0.2) is 8.42 Å². The number of alkyl halides is 3. The Morgan fingerprint density at radius 2 is 1.65 bits per heavy atom. The lowest BCUT2D eigenvalue weighted by atomic mass is 9.95. The summed E-state index contributed by atoms with van der Waals surface area (Å²) in [5, 5.41) is 0.371. The lowest BCUT2D eigenvalue weighted by Gasteiger charge is -2.15. The third-order valence-electron chi connectivity index (χ3n) is 5.29. The third kappa shape index (κ3) is 4.56. The quantitative estimate of drug-likeness (QED) is 0.324. The molecule has 4 aromatic rings. The van der Waals surface area contributed by atoms with E-state index in [-0.39, 0.29) is 21.9 Å². The van der Waals surface area contributed by atoms with Gasteiger partial charge >= 0.3 is 6.18 Å². The molecule has 0 aliphatic carbocycles. The molecule has 0 saturated carbocycles. The van der Waals surface area contributed by atoms with Crippen molar-refractivity contribution < 1.29 is 31.1 Å². The van der Waals surface area contributed by atoms with Gasteiger partial charge in [-0.3, -0.25) is 4.98 Å². The van der Waals surface area contributed by atoms with Gasteiger partial charge in [0.15, 0.2) is 9.84 Å². The minimum absolute atomic E-state index is 0.0145. The predicted molar refractivity (Wildman–Crippen MR) is 123 cm³/mol. The molecular weight excluding hydrogens is 467 g/mol. The van der Waals surface area contributed by atoms with Crippen molar-refractivity contribution in [2.45, 2.75) is 18.0 Å². The van der Waals surface area contributed by atoms with Crippen molar-refractivity contribution >= 4 is 20.7 Å². The first-order valence-electron chi connectivity index (χ1n) is 10.1. The summed E-state index contributed by atoms with van der Waals surface area (Å²) in [7, 11) is -2.19. The van der Waals surface area contributed by atoms with Gasteiger partial charge in [0.1, 0.15) is 22.1 Å². The fourth-order valence-corrected chi connectivity index (χ4v) is 4.64. The van der Waals surface area contributed by atoms with E-state index in [1.807, 2.05) is 0 Å². The van der Waals surface area contributed by atoms with Crippen molar-refractivity contribution in [2.75, 3.05) is 13.4 Å². The second-order valence-electron chi connectivity index (χ2n) is 7.73. The summed E-state index contributed by atoms with van der Waals surface area (Å²) in [4.78, 5) is 4.04. The number of ether oxygens (including phenoxy) is 2. The van der Waals surface area contributed by atoms with Crippen molar-refractivity contribution in [3.8, 4) is 28.4 Å². The fraction of sp³-hybridized carbons (Fsp3) is 0.160. The number of benzene rings is 3. The summed E-state index contributed by atoms with van der Waals surface area (Å²) < 4.78 is 75.8. The molecule has 3 aromatic carbocycles. The average Bonchev–Trinajstić information content (AvgIpc) is 2.77. The largest absolute Gasteiger partial charge is 0.495 e. The van der Waals surface area contributed by atoms with Crippen LogP contribution in [0.3, 0.4) is 0 Å². The maximum Gasteiger partial charge on any atom is 0.418 e. The van der Waals surface area contributed by atoms with Crippen LogP contribution in [-0.4, -0.2) is 26.8 Å². The lowest BCUT2D eigenvalue weighted by molar-refractivity contribution is -0.136. The molecule has 0 aliphatic heterocycles. The Morgan fingerprint density at radius 3 is 2.32 bits per heavy atom. The number of pyridine rings is 1. The number of methoxy groups -OCH3 is 1. The molecule has 1 aromatic heterocycles. The normalized spacial score (nSPS) is 12.1. The number of fused-ring (bicyclic) bond motifs is 1. The molecule has 0 atom stereocenters. The summed E-state index contributed by atoms with van der Waals surface area (Å²) in [6.07, 6.45) is -2.04. The van der Waals surface area contributed by atoms with E-state index in [2.05, 4.69) is 4.98 Å². The van der Waals surface area contributed by atoms with Crippen molar-refractivity contribution in [1.82, 2.24) is 4.98 Å². The molecule has 4 rings (SSSR count). The molecule has 5 nitrogen and oxygen atoms in total. The first kappa shape index (κ1) is 23.6. The zero-order valence-corrected chi connectivity index (χ0v) is 19.3. The van der Waals surface area contributed by atoms with Crippen molar-refractivity contribution in [2.24, 2.45) is 0 Å². The predicted octanol–water partition coefficient (Wildman–Crippen LogP) is 6.43. The number of hydrogen-bond acceptors (Lipinski definition) is 5. The van der Waals surface area contributed by atoms with Crippen LogP contribution in [0.5, 0.6) is 17.2 Å². The Kier molecular flexibility index (Phi) is 5.99. The second kappa shape index (κ2) is 8.64. The highest BCUT2D eigenvalue weighted by Crippen LogP contribution is 2.39. The van der Waals surface area contributed by atoms with E-state index in [1.54, 1.807) is 43.3 Å².